The highest BCUT2D eigenvalue weighted by Crippen LogP contribution is 2.32. The first kappa shape index (κ1) is 11.2. The lowest BCUT2D eigenvalue weighted by Gasteiger charge is -2.18. The molecule has 0 atom stereocenters. The van der Waals surface area contributed by atoms with Gasteiger partial charge in [-0.1, -0.05) is 42.8 Å². The van der Waals surface area contributed by atoms with Crippen LogP contribution in [0.15, 0.2) is 22.7 Å². The molecule has 0 radical (unpaired) electrons. The van der Waals surface area contributed by atoms with E-state index in [2.05, 4.69) is 15.9 Å². The van der Waals surface area contributed by atoms with E-state index < -0.39 is 0 Å². The standard InChI is InChI=1S/C10H12BrNO2/c1-10(2,3)8-5-4-7(11)6-9(8)12(13)14/h4-6H,1-3H3. The number of hydrogen-bond donors (Lipinski definition) is 0. The van der Waals surface area contributed by atoms with Crippen molar-refractivity contribution in [2.75, 3.05) is 0 Å². The highest BCUT2D eigenvalue weighted by Gasteiger charge is 2.24. The largest absolute Gasteiger partial charge is 0.274 e. The van der Waals surface area contributed by atoms with Crippen molar-refractivity contribution in [3.8, 4) is 0 Å². The summed E-state index contributed by atoms with van der Waals surface area (Å²) in [5.74, 6) is 0. The van der Waals surface area contributed by atoms with Crippen LogP contribution in [0.1, 0.15) is 26.3 Å². The summed E-state index contributed by atoms with van der Waals surface area (Å²) in [5.41, 5.74) is 0.723. The second-order valence-electron chi connectivity index (χ2n) is 4.17. The van der Waals surface area contributed by atoms with Crippen LogP contribution in [0.2, 0.25) is 0 Å². The Labute approximate surface area is 91.4 Å². The van der Waals surface area contributed by atoms with Crippen LogP contribution >= 0.6 is 15.9 Å². The average molecular weight is 258 g/mol. The third-order valence-electron chi connectivity index (χ3n) is 1.96. The Morgan fingerprint density at radius 3 is 2.36 bits per heavy atom. The molecule has 0 unspecified atom stereocenters. The maximum atomic E-state index is 10.8. The van der Waals surface area contributed by atoms with Crippen molar-refractivity contribution in [3.63, 3.8) is 0 Å². The summed E-state index contributed by atoms with van der Waals surface area (Å²) in [7, 11) is 0. The summed E-state index contributed by atoms with van der Waals surface area (Å²) in [6, 6.07) is 5.16. The fraction of sp³-hybridized carbons (Fsp3) is 0.400. The molecule has 0 aromatic heterocycles. The third-order valence-corrected chi connectivity index (χ3v) is 2.46. The predicted octanol–water partition coefficient (Wildman–Crippen LogP) is 3.65. The Morgan fingerprint density at radius 1 is 1.36 bits per heavy atom. The lowest BCUT2D eigenvalue weighted by molar-refractivity contribution is -0.386. The van der Waals surface area contributed by atoms with Crippen molar-refractivity contribution in [2.24, 2.45) is 0 Å². The molecule has 0 aliphatic carbocycles. The van der Waals surface area contributed by atoms with E-state index in [1.807, 2.05) is 26.8 Å². The first-order chi connectivity index (χ1) is 6.32. The molecule has 1 aromatic carbocycles. The van der Waals surface area contributed by atoms with E-state index in [-0.39, 0.29) is 16.0 Å². The van der Waals surface area contributed by atoms with Gasteiger partial charge in [-0.15, -0.1) is 0 Å². The maximum Gasteiger partial charge on any atom is 0.274 e. The van der Waals surface area contributed by atoms with Crippen LogP contribution in [0.5, 0.6) is 0 Å². The molecule has 0 aliphatic rings. The van der Waals surface area contributed by atoms with Crippen LogP contribution in [0.4, 0.5) is 5.69 Å². The molecule has 0 bridgehead atoms. The van der Waals surface area contributed by atoms with Crippen LogP contribution < -0.4 is 0 Å². The van der Waals surface area contributed by atoms with Crippen LogP contribution in [0, 0.1) is 10.1 Å². The minimum atomic E-state index is -0.342. The Bertz CT molecular complexity index is 369. The lowest BCUT2D eigenvalue weighted by Crippen LogP contribution is -2.13. The van der Waals surface area contributed by atoms with Gasteiger partial charge in [0.25, 0.3) is 5.69 Å². The molecule has 0 amide bonds. The fourth-order valence-corrected chi connectivity index (χ4v) is 1.64. The van der Waals surface area contributed by atoms with E-state index in [1.165, 1.54) is 0 Å². The monoisotopic (exact) mass is 257 g/mol. The summed E-state index contributed by atoms with van der Waals surface area (Å²) >= 11 is 3.23. The van der Waals surface area contributed by atoms with E-state index in [9.17, 15) is 10.1 Å². The number of hydrogen-bond acceptors (Lipinski definition) is 2. The number of nitrogens with zero attached hydrogens (tertiary/aromatic N) is 1. The number of benzene rings is 1. The van der Waals surface area contributed by atoms with Gasteiger partial charge in [0, 0.05) is 16.1 Å². The predicted molar refractivity (Wildman–Crippen MR) is 59.5 cm³/mol. The van der Waals surface area contributed by atoms with Crippen LogP contribution in [0.3, 0.4) is 0 Å². The quantitative estimate of drug-likeness (QED) is 0.570. The van der Waals surface area contributed by atoms with Gasteiger partial charge in [-0.3, -0.25) is 10.1 Å². The van der Waals surface area contributed by atoms with Gasteiger partial charge in [-0.25, -0.2) is 0 Å². The Hall–Kier alpha value is -0.900. The Kier molecular flexibility index (Phi) is 2.95. The van der Waals surface area contributed by atoms with Gasteiger partial charge in [0.1, 0.15) is 0 Å². The zero-order valence-electron chi connectivity index (χ0n) is 8.37. The highest BCUT2D eigenvalue weighted by molar-refractivity contribution is 9.10. The third kappa shape index (κ3) is 2.32. The smallest absolute Gasteiger partial charge is 0.258 e. The molecule has 0 spiro atoms. The molecular formula is C10H12BrNO2. The molecule has 3 nitrogen and oxygen atoms in total. The molecule has 0 fully saturated rings. The minimum Gasteiger partial charge on any atom is -0.258 e. The molecule has 4 heteroatoms. The molecule has 1 aromatic rings. The summed E-state index contributed by atoms with van der Waals surface area (Å²) in [6.45, 7) is 5.88. The number of rotatable bonds is 1. The van der Waals surface area contributed by atoms with Gasteiger partial charge in [0.2, 0.25) is 0 Å². The summed E-state index contributed by atoms with van der Waals surface area (Å²) < 4.78 is 0.734. The van der Waals surface area contributed by atoms with Crippen LogP contribution in [-0.4, -0.2) is 4.92 Å². The highest BCUT2D eigenvalue weighted by atomic mass is 79.9. The first-order valence-electron chi connectivity index (χ1n) is 4.27. The van der Waals surface area contributed by atoms with Crippen molar-refractivity contribution in [1.82, 2.24) is 0 Å². The van der Waals surface area contributed by atoms with E-state index in [0.29, 0.717) is 0 Å². The molecule has 0 N–H and O–H groups in total. The van der Waals surface area contributed by atoms with Crippen LogP contribution in [-0.2, 0) is 5.41 Å². The van der Waals surface area contributed by atoms with Gasteiger partial charge in [-0.05, 0) is 11.5 Å². The Balaban J connectivity index is 3.37. The SMILES string of the molecule is CC(C)(C)c1ccc(Br)cc1[N+](=O)[O-]. The molecule has 76 valence electrons. The zero-order valence-corrected chi connectivity index (χ0v) is 9.96. The van der Waals surface area contributed by atoms with E-state index in [4.69, 9.17) is 0 Å². The number of nitro benzene ring substituents is 1. The Morgan fingerprint density at radius 2 is 1.93 bits per heavy atom. The van der Waals surface area contributed by atoms with E-state index in [0.717, 1.165) is 10.0 Å². The molecule has 1 rings (SSSR count). The fourth-order valence-electron chi connectivity index (χ4n) is 1.29. The van der Waals surface area contributed by atoms with Crippen molar-refractivity contribution < 1.29 is 4.92 Å². The average Bonchev–Trinajstić information content (AvgIpc) is 2.01. The second kappa shape index (κ2) is 3.69. The summed E-state index contributed by atoms with van der Waals surface area (Å²) in [4.78, 5) is 10.5. The van der Waals surface area contributed by atoms with Crippen molar-refractivity contribution >= 4 is 21.6 Å². The topological polar surface area (TPSA) is 43.1 Å². The molecule has 0 saturated heterocycles. The molecule has 0 aliphatic heterocycles. The van der Waals surface area contributed by atoms with Crippen molar-refractivity contribution in [2.45, 2.75) is 26.2 Å². The first-order valence-corrected chi connectivity index (χ1v) is 5.06. The number of nitro groups is 1. The zero-order chi connectivity index (χ0) is 10.9. The normalized spacial score (nSPS) is 11.4. The second-order valence-corrected chi connectivity index (χ2v) is 5.08. The van der Waals surface area contributed by atoms with Crippen LogP contribution in [0.25, 0.3) is 0 Å². The minimum absolute atomic E-state index is 0.173. The summed E-state index contributed by atoms with van der Waals surface area (Å²) in [6.07, 6.45) is 0. The van der Waals surface area contributed by atoms with Gasteiger partial charge < -0.3 is 0 Å². The molecular weight excluding hydrogens is 246 g/mol. The van der Waals surface area contributed by atoms with E-state index in [1.54, 1.807) is 12.1 Å². The van der Waals surface area contributed by atoms with Gasteiger partial charge in [0.15, 0.2) is 0 Å². The van der Waals surface area contributed by atoms with Gasteiger partial charge in [0.05, 0.1) is 4.92 Å². The lowest BCUT2D eigenvalue weighted by atomic mass is 9.86. The van der Waals surface area contributed by atoms with Gasteiger partial charge in [-0.2, -0.15) is 0 Å². The summed E-state index contributed by atoms with van der Waals surface area (Å²) in [5, 5.41) is 10.8. The van der Waals surface area contributed by atoms with Crippen molar-refractivity contribution in [1.29, 1.82) is 0 Å². The number of halogens is 1. The van der Waals surface area contributed by atoms with Crippen molar-refractivity contribution in [3.05, 3.63) is 38.3 Å². The molecule has 14 heavy (non-hydrogen) atoms. The maximum absolute atomic E-state index is 10.8. The molecule has 0 saturated carbocycles. The molecule has 0 heterocycles. The van der Waals surface area contributed by atoms with E-state index >= 15 is 0 Å². The van der Waals surface area contributed by atoms with Gasteiger partial charge >= 0.3 is 0 Å².